The molecule has 1 aromatic carbocycles. The molecule has 0 aliphatic carbocycles. The van der Waals surface area contributed by atoms with Gasteiger partial charge in [0.15, 0.2) is 0 Å². The van der Waals surface area contributed by atoms with Crippen molar-refractivity contribution >= 4 is 10.0 Å². The molecule has 3 rings (SSSR count). The van der Waals surface area contributed by atoms with Crippen LogP contribution in [0.3, 0.4) is 0 Å². The van der Waals surface area contributed by atoms with Gasteiger partial charge >= 0.3 is 0 Å². The van der Waals surface area contributed by atoms with Crippen molar-refractivity contribution in [3.8, 4) is 17.0 Å². The molecule has 0 saturated carbocycles. The predicted octanol–water partition coefficient (Wildman–Crippen LogP) is 2.92. The first-order valence-corrected chi connectivity index (χ1v) is 11.0. The van der Waals surface area contributed by atoms with E-state index in [2.05, 4.69) is 9.71 Å². The Kier molecular flexibility index (Phi) is 6.64. The molecule has 1 saturated heterocycles. The molecule has 0 amide bonds. The fourth-order valence-electron chi connectivity index (χ4n) is 3.19. The summed E-state index contributed by atoms with van der Waals surface area (Å²) in [5, 5.41) is 0. The summed E-state index contributed by atoms with van der Waals surface area (Å²) >= 11 is 0. The van der Waals surface area contributed by atoms with Crippen LogP contribution in [-0.2, 0) is 14.8 Å². The van der Waals surface area contributed by atoms with Crippen molar-refractivity contribution in [2.24, 2.45) is 5.92 Å². The van der Waals surface area contributed by atoms with Gasteiger partial charge in [-0.15, -0.1) is 0 Å². The minimum atomic E-state index is -3.27. The average Bonchev–Trinajstić information content (AvgIpc) is 2.68. The molecule has 6 nitrogen and oxygen atoms in total. The van der Waals surface area contributed by atoms with Crippen LogP contribution in [0.25, 0.3) is 11.3 Å². The van der Waals surface area contributed by atoms with E-state index < -0.39 is 10.0 Å². The number of aromatic nitrogens is 1. The molecule has 0 spiro atoms. The second kappa shape index (κ2) is 8.98. The van der Waals surface area contributed by atoms with E-state index in [1.807, 2.05) is 31.2 Å². The number of benzene rings is 1. The molecule has 2 heterocycles. The van der Waals surface area contributed by atoms with Crippen LogP contribution < -0.4 is 9.46 Å². The Balaban J connectivity index is 1.63. The molecular weight excluding hydrogens is 383 g/mol. The molecule has 8 heteroatoms. The Hall–Kier alpha value is -2.03. The maximum Gasteiger partial charge on any atom is 0.211 e. The van der Waals surface area contributed by atoms with Gasteiger partial charge in [-0.2, -0.15) is 0 Å². The predicted molar refractivity (Wildman–Crippen MR) is 105 cm³/mol. The van der Waals surface area contributed by atoms with Gasteiger partial charge in [-0.3, -0.25) is 4.98 Å². The summed E-state index contributed by atoms with van der Waals surface area (Å²) in [7, 11) is -3.27. The molecule has 2 aromatic rings. The van der Waals surface area contributed by atoms with Crippen molar-refractivity contribution in [2.75, 3.05) is 25.6 Å². The number of hydrogen-bond donors (Lipinski definition) is 1. The molecule has 152 valence electrons. The standard InChI is InChI=1S/C20H25FN2O4S/c1-3-28(24,25)23-19-8-9-26-12-16(19)13-27-18-6-4-15(5-7-18)20-14(2)10-17(21)11-22-20/h4-7,10-11,16,19,23H,3,8-9,12-13H2,1-2H3/t16-,19+/m1/s1. The molecule has 1 fully saturated rings. The van der Waals surface area contributed by atoms with Gasteiger partial charge in [0.2, 0.25) is 10.0 Å². The van der Waals surface area contributed by atoms with Gasteiger partial charge in [-0.25, -0.2) is 17.5 Å². The third-order valence-corrected chi connectivity index (χ3v) is 6.24. The van der Waals surface area contributed by atoms with E-state index in [0.29, 0.717) is 32.0 Å². The van der Waals surface area contributed by atoms with Gasteiger partial charge in [-0.05, 0) is 56.2 Å². The van der Waals surface area contributed by atoms with Crippen molar-refractivity contribution in [3.63, 3.8) is 0 Å². The number of rotatable bonds is 7. The monoisotopic (exact) mass is 408 g/mol. The number of aryl methyl sites for hydroxylation is 1. The van der Waals surface area contributed by atoms with Crippen LogP contribution in [0.1, 0.15) is 18.9 Å². The number of nitrogens with one attached hydrogen (secondary N) is 1. The summed E-state index contributed by atoms with van der Waals surface area (Å²) in [5.74, 6) is 0.307. The molecule has 2 atom stereocenters. The van der Waals surface area contributed by atoms with Crippen molar-refractivity contribution in [1.82, 2.24) is 9.71 Å². The Labute approximate surface area is 165 Å². The maximum absolute atomic E-state index is 13.2. The number of nitrogens with zero attached hydrogens (tertiary/aromatic N) is 1. The minimum absolute atomic E-state index is 0.0518. The number of ether oxygens (including phenoxy) is 2. The van der Waals surface area contributed by atoms with Crippen molar-refractivity contribution < 1.29 is 22.3 Å². The molecule has 1 aliphatic heterocycles. The van der Waals surface area contributed by atoms with Crippen LogP contribution in [0.2, 0.25) is 0 Å². The highest BCUT2D eigenvalue weighted by molar-refractivity contribution is 7.89. The summed E-state index contributed by atoms with van der Waals surface area (Å²) in [6, 6.07) is 8.66. The van der Waals surface area contributed by atoms with Crippen LogP contribution in [-0.4, -0.2) is 45.0 Å². The molecular formula is C20H25FN2O4S. The molecule has 0 bridgehead atoms. The number of hydrogen-bond acceptors (Lipinski definition) is 5. The molecule has 28 heavy (non-hydrogen) atoms. The Bertz CT molecular complexity index is 903. The summed E-state index contributed by atoms with van der Waals surface area (Å²) in [6.45, 7) is 4.77. The SMILES string of the molecule is CCS(=O)(=O)N[C@H]1CCOC[C@@H]1COc1ccc(-c2ncc(F)cc2C)cc1. The quantitative estimate of drug-likeness (QED) is 0.762. The highest BCUT2D eigenvalue weighted by Crippen LogP contribution is 2.25. The number of pyridine rings is 1. The third kappa shape index (κ3) is 5.27. The smallest absolute Gasteiger partial charge is 0.211 e. The Morgan fingerprint density at radius 1 is 1.32 bits per heavy atom. The summed E-state index contributed by atoms with van der Waals surface area (Å²) in [4.78, 5) is 4.15. The minimum Gasteiger partial charge on any atom is -0.493 e. The van der Waals surface area contributed by atoms with Gasteiger partial charge in [0.05, 0.1) is 30.9 Å². The first kappa shape index (κ1) is 20.7. The summed E-state index contributed by atoms with van der Waals surface area (Å²) < 4.78 is 51.1. The molecule has 0 unspecified atom stereocenters. The van der Waals surface area contributed by atoms with Crippen molar-refractivity contribution in [3.05, 3.63) is 47.9 Å². The first-order chi connectivity index (χ1) is 13.4. The fraction of sp³-hybridized carbons (Fsp3) is 0.450. The van der Waals surface area contributed by atoms with Crippen molar-refractivity contribution in [2.45, 2.75) is 26.3 Å². The molecule has 1 aromatic heterocycles. The van der Waals surface area contributed by atoms with Crippen LogP contribution in [0.4, 0.5) is 4.39 Å². The van der Waals surface area contributed by atoms with Crippen molar-refractivity contribution in [1.29, 1.82) is 0 Å². The van der Waals surface area contributed by atoms with Gasteiger partial charge in [-0.1, -0.05) is 0 Å². The molecule has 1 N–H and O–H groups in total. The lowest BCUT2D eigenvalue weighted by Gasteiger charge is -2.31. The summed E-state index contributed by atoms with van der Waals surface area (Å²) in [6.07, 6.45) is 1.83. The fourth-order valence-corrected chi connectivity index (χ4v) is 4.12. The second-order valence-electron chi connectivity index (χ2n) is 6.91. The largest absolute Gasteiger partial charge is 0.493 e. The van der Waals surface area contributed by atoms with Gasteiger partial charge < -0.3 is 9.47 Å². The van der Waals surface area contributed by atoms with Crippen LogP contribution in [0, 0.1) is 18.7 Å². The topological polar surface area (TPSA) is 77.5 Å². The van der Waals surface area contributed by atoms with E-state index >= 15 is 0 Å². The zero-order valence-corrected chi connectivity index (χ0v) is 16.8. The first-order valence-electron chi connectivity index (χ1n) is 9.31. The second-order valence-corrected chi connectivity index (χ2v) is 8.95. The number of halogens is 1. The Morgan fingerprint density at radius 3 is 2.75 bits per heavy atom. The van der Waals surface area contributed by atoms with Gasteiger partial charge in [0.25, 0.3) is 0 Å². The molecule has 0 radical (unpaired) electrons. The van der Waals surface area contributed by atoms with E-state index in [0.717, 1.165) is 16.8 Å². The van der Waals surface area contributed by atoms with E-state index in [1.165, 1.54) is 12.3 Å². The normalized spacial score (nSPS) is 20.1. The third-order valence-electron chi connectivity index (χ3n) is 4.82. The molecule has 1 aliphatic rings. The van der Waals surface area contributed by atoms with Gasteiger partial charge in [0.1, 0.15) is 11.6 Å². The van der Waals surface area contributed by atoms with Crippen LogP contribution >= 0.6 is 0 Å². The summed E-state index contributed by atoms with van der Waals surface area (Å²) in [5.41, 5.74) is 2.36. The lowest BCUT2D eigenvalue weighted by molar-refractivity contribution is 0.0186. The Morgan fingerprint density at radius 2 is 2.07 bits per heavy atom. The lowest BCUT2D eigenvalue weighted by Crippen LogP contribution is -2.47. The van der Waals surface area contributed by atoms with E-state index in [4.69, 9.17) is 9.47 Å². The lowest BCUT2D eigenvalue weighted by atomic mass is 9.98. The van der Waals surface area contributed by atoms with E-state index in [9.17, 15) is 12.8 Å². The zero-order valence-electron chi connectivity index (χ0n) is 16.0. The van der Waals surface area contributed by atoms with Crippen LogP contribution in [0.15, 0.2) is 36.5 Å². The number of sulfonamides is 1. The highest BCUT2D eigenvalue weighted by Gasteiger charge is 2.29. The van der Waals surface area contributed by atoms with Crippen LogP contribution in [0.5, 0.6) is 5.75 Å². The van der Waals surface area contributed by atoms with E-state index in [-0.39, 0.29) is 23.5 Å². The maximum atomic E-state index is 13.2. The highest BCUT2D eigenvalue weighted by atomic mass is 32.2. The van der Waals surface area contributed by atoms with E-state index in [1.54, 1.807) is 6.92 Å². The van der Waals surface area contributed by atoms with Gasteiger partial charge in [0, 0.05) is 24.1 Å². The average molecular weight is 408 g/mol. The zero-order chi connectivity index (χ0) is 20.1.